The van der Waals surface area contributed by atoms with E-state index >= 15 is 4.39 Å². The van der Waals surface area contributed by atoms with Gasteiger partial charge in [-0.2, -0.15) is 9.97 Å². The molecule has 0 unspecified atom stereocenters. The Kier molecular flexibility index (Phi) is 6.63. The van der Waals surface area contributed by atoms with E-state index < -0.39 is 5.82 Å². The first-order valence-corrected chi connectivity index (χ1v) is 12.6. The van der Waals surface area contributed by atoms with Crippen LogP contribution in [0.25, 0.3) is 32.2 Å². The molecule has 0 spiro atoms. The summed E-state index contributed by atoms with van der Waals surface area (Å²) in [5.41, 5.74) is 7.53. The van der Waals surface area contributed by atoms with Crippen LogP contribution < -0.4 is 20.7 Å². The second-order valence-corrected chi connectivity index (χ2v) is 10.4. The molecule has 1 fully saturated rings. The molecule has 2 aromatic carbocycles. The Hall–Kier alpha value is -2.79. The lowest BCUT2D eigenvalue weighted by Crippen LogP contribution is -2.44. The number of halogens is 2. The number of hydrogen-bond acceptors (Lipinski definition) is 9. The van der Waals surface area contributed by atoms with Crippen molar-refractivity contribution in [3.8, 4) is 17.1 Å². The normalized spacial score (nSPS) is 15.3. The van der Waals surface area contributed by atoms with Crippen LogP contribution in [0, 0.1) is 5.82 Å². The first kappa shape index (κ1) is 23.9. The van der Waals surface area contributed by atoms with Crippen molar-refractivity contribution in [3.63, 3.8) is 0 Å². The highest BCUT2D eigenvalue weighted by Crippen LogP contribution is 2.42. The largest absolute Gasteiger partial charge is 0.459 e. The van der Waals surface area contributed by atoms with Crippen molar-refractivity contribution < 1.29 is 9.13 Å². The number of nitrogens with two attached hydrogens (primary N) is 1. The Morgan fingerprint density at radius 3 is 2.74 bits per heavy atom. The number of piperazine rings is 1. The molecule has 3 N–H and O–H groups in total. The lowest BCUT2D eigenvalue weighted by atomic mass is 10.0. The van der Waals surface area contributed by atoms with Gasteiger partial charge < -0.3 is 25.6 Å². The Bertz CT molecular complexity index is 1390. The van der Waals surface area contributed by atoms with E-state index in [1.165, 1.54) is 11.3 Å². The molecular weight excluding hydrogens is 489 g/mol. The van der Waals surface area contributed by atoms with Crippen LogP contribution in [-0.4, -0.2) is 72.8 Å². The van der Waals surface area contributed by atoms with Crippen LogP contribution in [0.1, 0.15) is 6.92 Å². The summed E-state index contributed by atoms with van der Waals surface area (Å²) in [6.45, 7) is 5.69. The van der Waals surface area contributed by atoms with E-state index in [2.05, 4.69) is 20.2 Å². The number of nitrogens with one attached hydrogen (secondary N) is 1. The number of likely N-dealkylation sites (N-methyl/N-ethyl adjacent to an activating group) is 1. The molecule has 3 heterocycles. The zero-order valence-corrected chi connectivity index (χ0v) is 21.4. The van der Waals surface area contributed by atoms with Crippen molar-refractivity contribution in [2.45, 2.75) is 13.0 Å². The van der Waals surface area contributed by atoms with Gasteiger partial charge in [-0.05, 0) is 33.2 Å². The molecule has 0 amide bonds. The van der Waals surface area contributed by atoms with Gasteiger partial charge in [-0.3, -0.25) is 0 Å². The number of nitrogen functional groups attached to an aromatic ring is 1. The predicted octanol–water partition coefficient (Wildman–Crippen LogP) is 4.02. The molecule has 4 aromatic rings. The summed E-state index contributed by atoms with van der Waals surface area (Å²) in [5.74, 6) is 0.0856. The van der Waals surface area contributed by atoms with Gasteiger partial charge in [-0.25, -0.2) is 9.37 Å². The number of fused-ring (bicyclic) bond motifs is 2. The van der Waals surface area contributed by atoms with E-state index in [9.17, 15) is 0 Å². The monoisotopic (exact) mass is 515 g/mol. The lowest BCUT2D eigenvalue weighted by Gasteiger charge is -2.30. The smallest absolute Gasteiger partial charge is 0.319 e. The number of thiazole rings is 1. The summed E-state index contributed by atoms with van der Waals surface area (Å²) in [4.78, 5) is 17.8. The van der Waals surface area contributed by atoms with Gasteiger partial charge in [0.2, 0.25) is 0 Å². The first-order valence-electron chi connectivity index (χ1n) is 11.4. The molecule has 0 bridgehead atoms. The van der Waals surface area contributed by atoms with Crippen molar-refractivity contribution in [2.75, 3.05) is 57.5 Å². The van der Waals surface area contributed by atoms with Gasteiger partial charge >= 0.3 is 6.01 Å². The minimum absolute atomic E-state index is 0.142. The Balaban J connectivity index is 1.71. The fourth-order valence-corrected chi connectivity index (χ4v) is 5.53. The highest BCUT2D eigenvalue weighted by atomic mass is 35.5. The maximum absolute atomic E-state index is 16.3. The second-order valence-electron chi connectivity index (χ2n) is 8.91. The van der Waals surface area contributed by atoms with Gasteiger partial charge in [0.1, 0.15) is 17.4 Å². The summed E-state index contributed by atoms with van der Waals surface area (Å²) in [6, 6.07) is 7.44. The van der Waals surface area contributed by atoms with Crippen LogP contribution in [0.15, 0.2) is 24.3 Å². The molecule has 0 saturated carbocycles. The summed E-state index contributed by atoms with van der Waals surface area (Å²) >= 11 is 8.07. The maximum Gasteiger partial charge on any atom is 0.319 e. The summed E-state index contributed by atoms with van der Waals surface area (Å²) in [5, 5.41) is 4.57. The van der Waals surface area contributed by atoms with Crippen molar-refractivity contribution in [2.24, 2.45) is 0 Å². The first-order chi connectivity index (χ1) is 16.8. The number of para-hydroxylation sites is 1. The highest BCUT2D eigenvalue weighted by Gasteiger charge is 2.25. The topological polar surface area (TPSA) is 92.4 Å². The fraction of sp³-hybridized carbons (Fsp3) is 0.375. The van der Waals surface area contributed by atoms with Gasteiger partial charge in [-0.15, -0.1) is 0 Å². The van der Waals surface area contributed by atoms with Gasteiger partial charge in [-0.1, -0.05) is 35.1 Å². The van der Waals surface area contributed by atoms with Gasteiger partial charge in [0, 0.05) is 49.2 Å². The van der Waals surface area contributed by atoms with Crippen molar-refractivity contribution in [1.82, 2.24) is 25.2 Å². The molecule has 1 saturated heterocycles. The Labute approximate surface area is 211 Å². The lowest BCUT2D eigenvalue weighted by molar-refractivity contribution is 0.164. The Morgan fingerprint density at radius 2 is 2.00 bits per heavy atom. The quantitative estimate of drug-likeness (QED) is 0.398. The highest BCUT2D eigenvalue weighted by molar-refractivity contribution is 7.22. The van der Waals surface area contributed by atoms with Crippen LogP contribution in [0.2, 0.25) is 5.02 Å². The number of rotatable bonds is 6. The van der Waals surface area contributed by atoms with E-state index in [1.54, 1.807) is 12.1 Å². The predicted molar refractivity (Wildman–Crippen MR) is 141 cm³/mol. The van der Waals surface area contributed by atoms with Crippen LogP contribution in [-0.2, 0) is 0 Å². The molecule has 2 aromatic heterocycles. The standard InChI is InChI=1S/C24H27ClFN7OS/c1-13(12-32(2)3)34-24-30-21-15(22(31-24)33-9-7-28-8-10-33)11-16(25)18(19(21)26)14-5-4-6-17-20(14)29-23(27)35-17/h4-6,11,13,28H,7-10,12H2,1-3H3,(H2,27,29)/t13-/m1/s1. The molecule has 1 atom stereocenters. The molecule has 11 heteroatoms. The number of hydrogen-bond donors (Lipinski definition) is 2. The molecule has 5 rings (SSSR count). The van der Waals surface area contributed by atoms with Gasteiger partial charge in [0.25, 0.3) is 0 Å². The number of benzene rings is 2. The third-order valence-corrected chi connectivity index (χ3v) is 7.04. The van der Waals surface area contributed by atoms with Crippen LogP contribution >= 0.6 is 22.9 Å². The average molecular weight is 516 g/mol. The van der Waals surface area contributed by atoms with E-state index in [0.717, 1.165) is 30.9 Å². The molecule has 0 radical (unpaired) electrons. The zero-order valence-electron chi connectivity index (χ0n) is 19.8. The molecule has 35 heavy (non-hydrogen) atoms. The van der Waals surface area contributed by atoms with Gasteiger partial charge in [0.15, 0.2) is 10.9 Å². The minimum atomic E-state index is -0.532. The number of anilines is 2. The maximum atomic E-state index is 16.3. The number of nitrogens with zero attached hydrogens (tertiary/aromatic N) is 5. The SMILES string of the molecule is C[C@H](CN(C)C)Oc1nc(N2CCNCC2)c2cc(Cl)c(-c3cccc4sc(N)nc34)c(F)c2n1. The van der Waals surface area contributed by atoms with Crippen molar-refractivity contribution >= 4 is 55.0 Å². The minimum Gasteiger partial charge on any atom is -0.459 e. The van der Waals surface area contributed by atoms with E-state index in [1.807, 2.05) is 38.1 Å². The molecule has 0 aliphatic carbocycles. The third-order valence-electron chi connectivity index (χ3n) is 5.89. The summed E-state index contributed by atoms with van der Waals surface area (Å²) in [7, 11) is 3.93. The van der Waals surface area contributed by atoms with Crippen LogP contribution in [0.3, 0.4) is 0 Å². The van der Waals surface area contributed by atoms with Gasteiger partial charge in [0.05, 0.1) is 15.2 Å². The second kappa shape index (κ2) is 9.69. The third kappa shape index (κ3) is 4.71. The van der Waals surface area contributed by atoms with E-state index in [-0.39, 0.29) is 28.2 Å². The average Bonchev–Trinajstić information content (AvgIpc) is 3.20. The van der Waals surface area contributed by atoms with Crippen molar-refractivity contribution in [3.05, 3.63) is 35.1 Å². The molecule has 8 nitrogen and oxygen atoms in total. The number of aromatic nitrogens is 3. The van der Waals surface area contributed by atoms with E-state index in [0.29, 0.717) is 34.0 Å². The molecule has 1 aliphatic rings. The summed E-state index contributed by atoms with van der Waals surface area (Å²) < 4.78 is 23.2. The molecule has 1 aliphatic heterocycles. The Morgan fingerprint density at radius 1 is 1.23 bits per heavy atom. The van der Waals surface area contributed by atoms with Crippen molar-refractivity contribution in [1.29, 1.82) is 0 Å². The summed E-state index contributed by atoms with van der Waals surface area (Å²) in [6.07, 6.45) is -0.181. The van der Waals surface area contributed by atoms with Crippen LogP contribution in [0.4, 0.5) is 15.3 Å². The number of ether oxygens (including phenoxy) is 1. The molecule has 184 valence electrons. The molecular formula is C24H27ClFN7OS. The van der Waals surface area contributed by atoms with Crippen LogP contribution in [0.5, 0.6) is 6.01 Å². The zero-order chi connectivity index (χ0) is 24.7. The fourth-order valence-electron chi connectivity index (χ4n) is 4.48. The van der Waals surface area contributed by atoms with E-state index in [4.69, 9.17) is 27.1 Å².